The molecule has 1 saturated carbocycles. The van der Waals surface area contributed by atoms with Gasteiger partial charge in [0.25, 0.3) is 0 Å². The maximum absolute atomic E-state index is 11.8. The molecule has 21 heavy (non-hydrogen) atoms. The molecule has 3 heteroatoms. The van der Waals surface area contributed by atoms with Crippen LogP contribution in [0.25, 0.3) is 0 Å². The summed E-state index contributed by atoms with van der Waals surface area (Å²) in [4.78, 5) is 11.8. The van der Waals surface area contributed by atoms with E-state index in [1.807, 2.05) is 0 Å². The Hall–Kier alpha value is -0.570. The number of hydrogen-bond donors (Lipinski definition) is 2. The molecule has 3 nitrogen and oxygen atoms in total. The predicted molar refractivity (Wildman–Crippen MR) is 88.2 cm³/mol. The molecule has 1 aliphatic rings. The number of carbonyl (C=O) groups is 1. The molecule has 1 amide bonds. The Bertz CT molecular complexity index is 260. The van der Waals surface area contributed by atoms with Gasteiger partial charge in [0.1, 0.15) is 0 Å². The fraction of sp³-hybridized carbons (Fsp3) is 0.944. The summed E-state index contributed by atoms with van der Waals surface area (Å²) in [5.41, 5.74) is 0. The normalized spacial score (nSPS) is 22.2. The van der Waals surface area contributed by atoms with E-state index in [0.717, 1.165) is 32.1 Å². The number of rotatable bonds is 11. The molecule has 0 aromatic carbocycles. The van der Waals surface area contributed by atoms with Crippen molar-refractivity contribution >= 4 is 5.91 Å². The average molecular weight is 297 g/mol. The Kier molecular flexibility index (Phi) is 10.6. The first-order valence-corrected chi connectivity index (χ1v) is 9.19. The van der Waals surface area contributed by atoms with Gasteiger partial charge in [-0.15, -0.1) is 0 Å². The third kappa shape index (κ3) is 9.89. The van der Waals surface area contributed by atoms with Crippen LogP contribution >= 0.6 is 0 Å². The smallest absolute Gasteiger partial charge is 0.220 e. The number of nitrogens with one attached hydrogen (secondary N) is 1. The number of amides is 1. The van der Waals surface area contributed by atoms with E-state index < -0.39 is 0 Å². The van der Waals surface area contributed by atoms with E-state index in [9.17, 15) is 9.90 Å². The van der Waals surface area contributed by atoms with Crippen LogP contribution in [0, 0.1) is 0 Å². The lowest BCUT2D eigenvalue weighted by Gasteiger charge is -2.26. The average Bonchev–Trinajstić information content (AvgIpc) is 2.48. The molecular formula is C18H35NO2. The van der Waals surface area contributed by atoms with Crippen LogP contribution in [0.1, 0.15) is 96.8 Å². The maximum Gasteiger partial charge on any atom is 0.220 e. The van der Waals surface area contributed by atoms with Crippen LogP contribution in [-0.4, -0.2) is 23.2 Å². The van der Waals surface area contributed by atoms with Gasteiger partial charge in [0.05, 0.1) is 6.10 Å². The highest BCUT2D eigenvalue weighted by molar-refractivity contribution is 5.76. The summed E-state index contributed by atoms with van der Waals surface area (Å²) in [5, 5.41) is 12.6. The molecule has 2 N–H and O–H groups in total. The van der Waals surface area contributed by atoms with E-state index in [0.29, 0.717) is 12.5 Å². The van der Waals surface area contributed by atoms with Gasteiger partial charge in [-0.25, -0.2) is 0 Å². The van der Waals surface area contributed by atoms with Crippen LogP contribution in [0.15, 0.2) is 0 Å². The molecule has 0 atom stereocenters. The molecule has 0 heterocycles. The molecule has 124 valence electrons. The van der Waals surface area contributed by atoms with Gasteiger partial charge in [-0.05, 0) is 32.1 Å². The van der Waals surface area contributed by atoms with E-state index in [1.54, 1.807) is 0 Å². The van der Waals surface area contributed by atoms with E-state index in [2.05, 4.69) is 12.2 Å². The summed E-state index contributed by atoms with van der Waals surface area (Å²) < 4.78 is 0. The van der Waals surface area contributed by atoms with Gasteiger partial charge in [0, 0.05) is 12.5 Å². The molecule has 0 aromatic rings. The summed E-state index contributed by atoms with van der Waals surface area (Å²) in [6, 6.07) is 0.305. The molecule has 1 aliphatic carbocycles. The topological polar surface area (TPSA) is 49.3 Å². The Balaban J connectivity index is 1.87. The van der Waals surface area contributed by atoms with Crippen molar-refractivity contribution in [2.24, 2.45) is 0 Å². The highest BCUT2D eigenvalue weighted by Crippen LogP contribution is 2.18. The Morgan fingerprint density at radius 1 is 0.905 bits per heavy atom. The van der Waals surface area contributed by atoms with Gasteiger partial charge < -0.3 is 10.4 Å². The van der Waals surface area contributed by atoms with Gasteiger partial charge >= 0.3 is 0 Å². The first-order valence-electron chi connectivity index (χ1n) is 9.19. The second-order valence-corrected chi connectivity index (χ2v) is 6.65. The molecule has 0 spiro atoms. The van der Waals surface area contributed by atoms with Crippen LogP contribution in [0.4, 0.5) is 0 Å². The van der Waals surface area contributed by atoms with Crippen molar-refractivity contribution in [1.82, 2.24) is 5.32 Å². The highest BCUT2D eigenvalue weighted by Gasteiger charge is 2.20. The second-order valence-electron chi connectivity index (χ2n) is 6.65. The first kappa shape index (κ1) is 18.5. The van der Waals surface area contributed by atoms with Gasteiger partial charge in [-0.3, -0.25) is 4.79 Å². The third-order valence-electron chi connectivity index (χ3n) is 4.57. The summed E-state index contributed by atoms with van der Waals surface area (Å²) in [6.07, 6.45) is 15.7. The van der Waals surface area contributed by atoms with Crippen LogP contribution in [0.2, 0.25) is 0 Å². The van der Waals surface area contributed by atoms with Crippen LogP contribution in [0.5, 0.6) is 0 Å². The number of unbranched alkanes of at least 4 members (excludes halogenated alkanes) is 8. The first-order chi connectivity index (χ1) is 10.2. The number of carbonyl (C=O) groups excluding carboxylic acids is 1. The zero-order valence-corrected chi connectivity index (χ0v) is 13.9. The van der Waals surface area contributed by atoms with E-state index in [-0.39, 0.29) is 12.0 Å². The minimum Gasteiger partial charge on any atom is -0.393 e. The summed E-state index contributed by atoms with van der Waals surface area (Å²) in [7, 11) is 0. The molecule has 1 rings (SSSR count). The van der Waals surface area contributed by atoms with Crippen molar-refractivity contribution in [2.45, 2.75) is 109 Å². The van der Waals surface area contributed by atoms with Crippen LogP contribution in [-0.2, 0) is 4.79 Å². The Morgan fingerprint density at radius 2 is 1.43 bits per heavy atom. The SMILES string of the molecule is CCCCCCCCCCCC(=O)NC1CCC(O)CC1. The van der Waals surface area contributed by atoms with Crippen LogP contribution < -0.4 is 5.32 Å². The molecule has 0 aromatic heterocycles. The zero-order chi connectivity index (χ0) is 15.3. The molecule has 0 saturated heterocycles. The lowest BCUT2D eigenvalue weighted by molar-refractivity contribution is -0.122. The summed E-state index contributed by atoms with van der Waals surface area (Å²) in [6.45, 7) is 2.25. The Labute approximate surface area is 130 Å². The van der Waals surface area contributed by atoms with Crippen molar-refractivity contribution in [1.29, 1.82) is 0 Å². The van der Waals surface area contributed by atoms with Crippen molar-refractivity contribution in [2.75, 3.05) is 0 Å². The lowest BCUT2D eigenvalue weighted by Crippen LogP contribution is -2.38. The van der Waals surface area contributed by atoms with Gasteiger partial charge in [0.2, 0.25) is 5.91 Å². The molecule has 0 unspecified atom stereocenters. The largest absolute Gasteiger partial charge is 0.393 e. The minimum atomic E-state index is -0.143. The fourth-order valence-corrected chi connectivity index (χ4v) is 3.12. The van der Waals surface area contributed by atoms with Crippen molar-refractivity contribution in [3.05, 3.63) is 0 Å². The zero-order valence-electron chi connectivity index (χ0n) is 13.9. The van der Waals surface area contributed by atoms with E-state index in [1.165, 1.54) is 51.4 Å². The molecule has 0 bridgehead atoms. The summed E-state index contributed by atoms with van der Waals surface area (Å²) >= 11 is 0. The van der Waals surface area contributed by atoms with Crippen molar-refractivity contribution in [3.8, 4) is 0 Å². The van der Waals surface area contributed by atoms with Gasteiger partial charge in [-0.1, -0.05) is 58.3 Å². The minimum absolute atomic E-state index is 0.143. The monoisotopic (exact) mass is 297 g/mol. The predicted octanol–water partition coefficient (Wildman–Crippen LogP) is 4.33. The molecule has 0 aliphatic heterocycles. The molecule has 1 fully saturated rings. The quantitative estimate of drug-likeness (QED) is 0.558. The maximum atomic E-state index is 11.8. The van der Waals surface area contributed by atoms with Crippen LogP contribution in [0.3, 0.4) is 0 Å². The number of hydrogen-bond acceptors (Lipinski definition) is 2. The number of aliphatic hydroxyl groups excluding tert-OH is 1. The van der Waals surface area contributed by atoms with Gasteiger partial charge in [0.15, 0.2) is 0 Å². The fourth-order valence-electron chi connectivity index (χ4n) is 3.12. The second kappa shape index (κ2) is 12.0. The molecular weight excluding hydrogens is 262 g/mol. The standard InChI is InChI=1S/C18H35NO2/c1-2-3-4-5-6-7-8-9-10-11-18(21)19-16-12-14-17(20)15-13-16/h16-17,20H,2-15H2,1H3,(H,19,21). The Morgan fingerprint density at radius 3 is 2.00 bits per heavy atom. The van der Waals surface area contributed by atoms with Gasteiger partial charge in [-0.2, -0.15) is 0 Å². The highest BCUT2D eigenvalue weighted by atomic mass is 16.3. The third-order valence-corrected chi connectivity index (χ3v) is 4.57. The number of aliphatic hydroxyl groups is 1. The van der Waals surface area contributed by atoms with Crippen molar-refractivity contribution in [3.63, 3.8) is 0 Å². The molecule has 0 radical (unpaired) electrons. The van der Waals surface area contributed by atoms with E-state index in [4.69, 9.17) is 0 Å². The van der Waals surface area contributed by atoms with Crippen molar-refractivity contribution < 1.29 is 9.90 Å². The summed E-state index contributed by atoms with van der Waals surface area (Å²) in [5.74, 6) is 0.208. The van der Waals surface area contributed by atoms with E-state index >= 15 is 0 Å². The lowest BCUT2D eigenvalue weighted by atomic mass is 9.93.